The molecule has 0 aliphatic heterocycles. The van der Waals surface area contributed by atoms with Gasteiger partial charge in [-0.2, -0.15) is 5.10 Å². The molecule has 5 nitrogen and oxygen atoms in total. The molecule has 3 aromatic rings. The Hall–Kier alpha value is -2.82. The molecular weight excluding hydrogens is 302 g/mol. The number of fused-ring (bicyclic) bond motifs is 1. The maximum Gasteiger partial charge on any atom is 0.340 e. The van der Waals surface area contributed by atoms with Gasteiger partial charge < -0.3 is 10.5 Å². The van der Waals surface area contributed by atoms with E-state index in [-0.39, 0.29) is 0 Å². The molecule has 0 fully saturated rings. The van der Waals surface area contributed by atoms with Crippen molar-refractivity contribution < 1.29 is 9.53 Å². The number of para-hydroxylation sites is 1. The van der Waals surface area contributed by atoms with Gasteiger partial charge in [0.1, 0.15) is 5.60 Å². The molecule has 0 unspecified atom stereocenters. The molecule has 1 heterocycles. The number of carbonyl (C=O) groups excluding carboxylic acids is 1. The summed E-state index contributed by atoms with van der Waals surface area (Å²) < 4.78 is 7.22. The van der Waals surface area contributed by atoms with Crippen molar-refractivity contribution in [1.29, 1.82) is 0 Å². The Morgan fingerprint density at radius 2 is 1.88 bits per heavy atom. The first-order valence-electron chi connectivity index (χ1n) is 7.84. The summed E-state index contributed by atoms with van der Waals surface area (Å²) in [4.78, 5) is 12.2. The quantitative estimate of drug-likeness (QED) is 0.574. The van der Waals surface area contributed by atoms with Crippen molar-refractivity contribution >= 4 is 22.6 Å². The van der Waals surface area contributed by atoms with Crippen LogP contribution in [0.25, 0.3) is 16.6 Å². The maximum atomic E-state index is 12.2. The lowest BCUT2D eigenvalue weighted by molar-refractivity contribution is 0.00708. The van der Waals surface area contributed by atoms with Crippen molar-refractivity contribution in [3.8, 4) is 5.69 Å². The number of benzene rings is 2. The van der Waals surface area contributed by atoms with Crippen LogP contribution in [0.2, 0.25) is 0 Å². The average molecular weight is 323 g/mol. The third-order valence-electron chi connectivity index (χ3n) is 3.67. The summed E-state index contributed by atoms with van der Waals surface area (Å²) in [7, 11) is 0. The molecule has 0 spiro atoms. The highest BCUT2D eigenvalue weighted by Crippen LogP contribution is 2.25. The molecule has 0 saturated heterocycles. The van der Waals surface area contributed by atoms with Gasteiger partial charge in [0.05, 0.1) is 22.5 Å². The van der Waals surface area contributed by atoms with Crippen molar-refractivity contribution in [2.24, 2.45) is 0 Å². The van der Waals surface area contributed by atoms with Gasteiger partial charge in [-0.3, -0.25) is 0 Å². The third kappa shape index (κ3) is 2.97. The van der Waals surface area contributed by atoms with Crippen LogP contribution in [-0.2, 0) is 4.74 Å². The molecule has 5 heteroatoms. The molecule has 2 aromatic carbocycles. The van der Waals surface area contributed by atoms with E-state index in [0.29, 0.717) is 11.3 Å². The van der Waals surface area contributed by atoms with Crippen LogP contribution in [-0.4, -0.2) is 21.4 Å². The van der Waals surface area contributed by atoms with Crippen LogP contribution in [0, 0.1) is 6.92 Å². The highest BCUT2D eigenvalue weighted by Gasteiger charge is 2.20. The van der Waals surface area contributed by atoms with Gasteiger partial charge in [-0.15, -0.1) is 0 Å². The fraction of sp³-hybridized carbons (Fsp3) is 0.263. The molecule has 0 saturated carbocycles. The molecule has 24 heavy (non-hydrogen) atoms. The Morgan fingerprint density at radius 1 is 1.17 bits per heavy atom. The summed E-state index contributed by atoms with van der Waals surface area (Å²) >= 11 is 0. The molecule has 3 rings (SSSR count). The van der Waals surface area contributed by atoms with Gasteiger partial charge in [0, 0.05) is 11.1 Å². The number of hydrogen-bond acceptors (Lipinski definition) is 4. The number of hydrogen-bond donors (Lipinski definition) is 1. The van der Waals surface area contributed by atoms with E-state index in [1.165, 1.54) is 0 Å². The molecule has 0 aliphatic rings. The Bertz CT molecular complexity index is 920. The van der Waals surface area contributed by atoms with Crippen LogP contribution in [0.15, 0.2) is 42.5 Å². The number of nitrogens with zero attached hydrogens (tertiary/aromatic N) is 2. The minimum atomic E-state index is -0.558. The molecule has 124 valence electrons. The third-order valence-corrected chi connectivity index (χ3v) is 3.67. The number of ether oxygens (including phenoxy) is 1. The predicted molar refractivity (Wildman–Crippen MR) is 95.4 cm³/mol. The molecule has 0 radical (unpaired) electrons. The Balaban J connectivity index is 2.02. The first-order chi connectivity index (χ1) is 11.3. The topological polar surface area (TPSA) is 70.1 Å². The predicted octanol–water partition coefficient (Wildman–Crippen LogP) is 3.87. The molecule has 2 N–H and O–H groups in total. The van der Waals surface area contributed by atoms with Gasteiger partial charge in [-0.1, -0.05) is 18.2 Å². The number of aromatic nitrogens is 2. The minimum Gasteiger partial charge on any atom is -0.456 e. The number of carbonyl (C=O) groups is 1. The summed E-state index contributed by atoms with van der Waals surface area (Å²) in [5.41, 5.74) is 9.02. The summed E-state index contributed by atoms with van der Waals surface area (Å²) in [5.74, 6) is -0.423. The van der Waals surface area contributed by atoms with E-state index in [2.05, 4.69) is 5.10 Å². The standard InChI is InChI=1S/C19H21N3O2/c1-12-14-7-5-6-8-17(14)22(21-12)13-9-10-15(16(20)11-13)18(23)24-19(2,3)4/h5-11H,20H2,1-4H3. The van der Waals surface area contributed by atoms with Crippen LogP contribution in [0.5, 0.6) is 0 Å². The summed E-state index contributed by atoms with van der Waals surface area (Å²) in [6, 6.07) is 13.3. The van der Waals surface area contributed by atoms with Crippen LogP contribution in [0.1, 0.15) is 36.8 Å². The Kier molecular flexibility index (Phi) is 3.79. The second-order valence-corrected chi connectivity index (χ2v) is 6.79. The smallest absolute Gasteiger partial charge is 0.340 e. The molecule has 0 atom stereocenters. The minimum absolute atomic E-state index is 0.363. The van der Waals surface area contributed by atoms with E-state index in [0.717, 1.165) is 22.3 Å². The van der Waals surface area contributed by atoms with Crippen LogP contribution in [0.4, 0.5) is 5.69 Å². The van der Waals surface area contributed by atoms with Crippen molar-refractivity contribution in [3.63, 3.8) is 0 Å². The molecule has 0 amide bonds. The fourth-order valence-corrected chi connectivity index (χ4v) is 2.62. The largest absolute Gasteiger partial charge is 0.456 e. The fourth-order valence-electron chi connectivity index (χ4n) is 2.62. The lowest BCUT2D eigenvalue weighted by Gasteiger charge is -2.20. The number of nitrogen functional groups attached to an aromatic ring is 1. The van der Waals surface area contributed by atoms with E-state index in [4.69, 9.17) is 10.5 Å². The van der Waals surface area contributed by atoms with Crippen molar-refractivity contribution in [2.75, 3.05) is 5.73 Å². The van der Waals surface area contributed by atoms with Crippen molar-refractivity contribution in [3.05, 3.63) is 53.7 Å². The van der Waals surface area contributed by atoms with E-state index in [1.807, 2.05) is 62.7 Å². The lowest BCUT2D eigenvalue weighted by Crippen LogP contribution is -2.24. The molecule has 1 aromatic heterocycles. The number of rotatable bonds is 2. The van der Waals surface area contributed by atoms with Crippen molar-refractivity contribution in [1.82, 2.24) is 9.78 Å². The summed E-state index contributed by atoms with van der Waals surface area (Å²) in [5, 5.41) is 5.67. The summed E-state index contributed by atoms with van der Waals surface area (Å²) in [6.07, 6.45) is 0. The number of anilines is 1. The second-order valence-electron chi connectivity index (χ2n) is 6.79. The first kappa shape index (κ1) is 16.1. The maximum absolute atomic E-state index is 12.2. The van der Waals surface area contributed by atoms with Crippen LogP contribution >= 0.6 is 0 Å². The SMILES string of the molecule is Cc1nn(-c2ccc(C(=O)OC(C)(C)C)c(N)c2)c2ccccc12. The Morgan fingerprint density at radius 3 is 2.54 bits per heavy atom. The van der Waals surface area contributed by atoms with E-state index in [1.54, 1.807) is 12.1 Å². The highest BCUT2D eigenvalue weighted by atomic mass is 16.6. The first-order valence-corrected chi connectivity index (χ1v) is 7.84. The zero-order chi connectivity index (χ0) is 17.5. The molecular formula is C19H21N3O2. The average Bonchev–Trinajstić information content (AvgIpc) is 2.83. The number of nitrogens with two attached hydrogens (primary N) is 1. The zero-order valence-corrected chi connectivity index (χ0v) is 14.3. The van der Waals surface area contributed by atoms with E-state index in [9.17, 15) is 4.79 Å². The van der Waals surface area contributed by atoms with E-state index >= 15 is 0 Å². The lowest BCUT2D eigenvalue weighted by atomic mass is 10.1. The molecule has 0 aliphatic carbocycles. The number of esters is 1. The van der Waals surface area contributed by atoms with Crippen molar-refractivity contribution in [2.45, 2.75) is 33.3 Å². The van der Waals surface area contributed by atoms with Gasteiger partial charge in [0.25, 0.3) is 0 Å². The zero-order valence-electron chi connectivity index (χ0n) is 14.3. The summed E-state index contributed by atoms with van der Waals surface area (Å²) in [6.45, 7) is 7.45. The number of aryl methyl sites for hydroxylation is 1. The Labute approximate surface area is 141 Å². The normalized spacial score (nSPS) is 11.7. The van der Waals surface area contributed by atoms with Crippen LogP contribution in [0.3, 0.4) is 0 Å². The molecule has 0 bridgehead atoms. The second kappa shape index (κ2) is 5.67. The monoisotopic (exact) mass is 323 g/mol. The highest BCUT2D eigenvalue weighted by molar-refractivity contribution is 5.96. The van der Waals surface area contributed by atoms with Gasteiger partial charge in [-0.05, 0) is 52.0 Å². The van der Waals surface area contributed by atoms with Gasteiger partial charge in [0.15, 0.2) is 0 Å². The van der Waals surface area contributed by atoms with Gasteiger partial charge in [0.2, 0.25) is 0 Å². The van der Waals surface area contributed by atoms with Crippen LogP contribution < -0.4 is 5.73 Å². The van der Waals surface area contributed by atoms with Gasteiger partial charge in [-0.25, -0.2) is 9.48 Å². The van der Waals surface area contributed by atoms with Gasteiger partial charge >= 0.3 is 5.97 Å². The van der Waals surface area contributed by atoms with E-state index < -0.39 is 11.6 Å².